The number of amides is 3. The van der Waals surface area contributed by atoms with E-state index >= 15 is 0 Å². The summed E-state index contributed by atoms with van der Waals surface area (Å²) >= 11 is 0. The van der Waals surface area contributed by atoms with Gasteiger partial charge in [-0.15, -0.1) is 0 Å². The van der Waals surface area contributed by atoms with Crippen LogP contribution in [-0.2, 0) is 16.8 Å². The molecule has 0 aliphatic carbocycles. The summed E-state index contributed by atoms with van der Waals surface area (Å²) in [4.78, 5) is 38.4. The molecule has 0 saturated carbocycles. The van der Waals surface area contributed by atoms with E-state index < -0.39 is 6.04 Å². The van der Waals surface area contributed by atoms with E-state index in [4.69, 9.17) is 0 Å². The van der Waals surface area contributed by atoms with E-state index in [-0.39, 0.29) is 29.7 Å². The lowest BCUT2D eigenvalue weighted by atomic mass is 9.86. The maximum atomic E-state index is 12.4. The van der Waals surface area contributed by atoms with Gasteiger partial charge in [0.1, 0.15) is 6.04 Å². The van der Waals surface area contributed by atoms with Crippen LogP contribution in [0.5, 0.6) is 0 Å². The number of hydrogen-bond donors (Lipinski definition) is 2. The molecule has 0 fully saturated rings. The van der Waals surface area contributed by atoms with Crippen molar-refractivity contribution in [2.75, 3.05) is 14.1 Å². The highest BCUT2D eigenvalue weighted by Crippen LogP contribution is 2.22. The zero-order chi connectivity index (χ0) is 22.5. The van der Waals surface area contributed by atoms with E-state index in [1.54, 1.807) is 51.4 Å². The lowest BCUT2D eigenvalue weighted by molar-refractivity contribution is -0.122. The Hall–Kier alpha value is -3.15. The van der Waals surface area contributed by atoms with E-state index in [1.807, 2.05) is 18.2 Å². The standard InChI is InChI=1S/C24H31N3O3/c1-16(26-22(29)18-10-12-20(13-11-18)24(2,3)4)21(28)25-15-17-8-7-9-19(14-17)23(30)27(5)6/h7-14,16H,15H2,1-6H3,(H,25,28)(H,26,29). The van der Waals surface area contributed by atoms with Crippen LogP contribution in [0.15, 0.2) is 48.5 Å². The normalized spacial score (nSPS) is 12.1. The number of benzene rings is 2. The van der Waals surface area contributed by atoms with Crippen molar-refractivity contribution in [3.8, 4) is 0 Å². The first-order valence-corrected chi connectivity index (χ1v) is 9.98. The van der Waals surface area contributed by atoms with Gasteiger partial charge < -0.3 is 15.5 Å². The summed E-state index contributed by atoms with van der Waals surface area (Å²) in [5.41, 5.74) is 3.04. The minimum absolute atomic E-state index is 0.0106. The Labute approximate surface area is 178 Å². The third-order valence-corrected chi connectivity index (χ3v) is 4.80. The molecule has 2 aromatic rings. The van der Waals surface area contributed by atoms with Gasteiger partial charge >= 0.3 is 0 Å². The zero-order valence-corrected chi connectivity index (χ0v) is 18.6. The van der Waals surface area contributed by atoms with Gasteiger partial charge in [-0.1, -0.05) is 45.0 Å². The molecule has 0 spiro atoms. The Morgan fingerprint density at radius 3 is 2.17 bits per heavy atom. The van der Waals surface area contributed by atoms with E-state index in [9.17, 15) is 14.4 Å². The van der Waals surface area contributed by atoms with Gasteiger partial charge in [0.15, 0.2) is 0 Å². The fraction of sp³-hybridized carbons (Fsp3) is 0.375. The van der Waals surface area contributed by atoms with Crippen LogP contribution in [0.25, 0.3) is 0 Å². The SMILES string of the molecule is CC(NC(=O)c1ccc(C(C)(C)C)cc1)C(=O)NCc1cccc(C(=O)N(C)C)c1. The lowest BCUT2D eigenvalue weighted by Gasteiger charge is -2.19. The number of rotatable bonds is 6. The fourth-order valence-electron chi connectivity index (χ4n) is 2.88. The van der Waals surface area contributed by atoms with Crippen molar-refractivity contribution in [2.24, 2.45) is 0 Å². The van der Waals surface area contributed by atoms with Gasteiger partial charge in [0.2, 0.25) is 5.91 Å². The van der Waals surface area contributed by atoms with E-state index in [1.165, 1.54) is 4.90 Å². The van der Waals surface area contributed by atoms with Crippen LogP contribution in [-0.4, -0.2) is 42.8 Å². The van der Waals surface area contributed by atoms with Gasteiger partial charge in [0.25, 0.3) is 11.8 Å². The van der Waals surface area contributed by atoms with Crippen LogP contribution in [0.4, 0.5) is 0 Å². The average Bonchev–Trinajstić information content (AvgIpc) is 2.70. The van der Waals surface area contributed by atoms with Crippen LogP contribution in [0.3, 0.4) is 0 Å². The molecule has 2 aromatic carbocycles. The summed E-state index contributed by atoms with van der Waals surface area (Å²) in [6.07, 6.45) is 0. The molecular formula is C24H31N3O3. The minimum Gasteiger partial charge on any atom is -0.350 e. The van der Waals surface area contributed by atoms with Crippen molar-refractivity contribution in [3.63, 3.8) is 0 Å². The minimum atomic E-state index is -0.689. The molecule has 2 rings (SSSR count). The average molecular weight is 410 g/mol. The van der Waals surface area contributed by atoms with Gasteiger partial charge in [-0.2, -0.15) is 0 Å². The zero-order valence-electron chi connectivity index (χ0n) is 18.6. The van der Waals surface area contributed by atoms with Crippen molar-refractivity contribution in [1.82, 2.24) is 15.5 Å². The summed E-state index contributed by atoms with van der Waals surface area (Å²) in [5, 5.41) is 5.52. The number of hydrogen-bond acceptors (Lipinski definition) is 3. The monoisotopic (exact) mass is 409 g/mol. The molecule has 2 N–H and O–H groups in total. The van der Waals surface area contributed by atoms with E-state index in [0.29, 0.717) is 11.1 Å². The van der Waals surface area contributed by atoms with Crippen molar-refractivity contribution < 1.29 is 14.4 Å². The first-order chi connectivity index (χ1) is 14.0. The molecule has 0 aliphatic rings. The lowest BCUT2D eigenvalue weighted by Crippen LogP contribution is -2.44. The van der Waals surface area contributed by atoms with Crippen LogP contribution in [0, 0.1) is 0 Å². The summed E-state index contributed by atoms with van der Waals surface area (Å²) in [5.74, 6) is -0.683. The highest BCUT2D eigenvalue weighted by molar-refractivity contribution is 5.97. The van der Waals surface area contributed by atoms with Crippen LogP contribution < -0.4 is 10.6 Å². The summed E-state index contributed by atoms with van der Waals surface area (Å²) in [6, 6.07) is 13.8. The van der Waals surface area contributed by atoms with Crippen molar-refractivity contribution in [1.29, 1.82) is 0 Å². The van der Waals surface area contributed by atoms with Gasteiger partial charge in [0.05, 0.1) is 0 Å². The molecule has 160 valence electrons. The second kappa shape index (κ2) is 9.57. The topological polar surface area (TPSA) is 78.5 Å². The maximum absolute atomic E-state index is 12.4. The Bertz CT molecular complexity index is 912. The Morgan fingerprint density at radius 2 is 1.60 bits per heavy atom. The number of carbonyl (C=O) groups is 3. The predicted molar refractivity (Wildman–Crippen MR) is 118 cm³/mol. The summed E-state index contributed by atoms with van der Waals surface area (Å²) in [7, 11) is 3.38. The second-order valence-electron chi connectivity index (χ2n) is 8.64. The smallest absolute Gasteiger partial charge is 0.253 e. The Kier molecular flexibility index (Phi) is 7.38. The molecule has 6 nitrogen and oxygen atoms in total. The molecule has 0 saturated heterocycles. The first kappa shape index (κ1) is 23.1. The maximum Gasteiger partial charge on any atom is 0.253 e. The molecule has 6 heteroatoms. The molecule has 0 heterocycles. The summed E-state index contributed by atoms with van der Waals surface area (Å²) in [6.45, 7) is 8.25. The van der Waals surface area contributed by atoms with Gasteiger partial charge in [-0.05, 0) is 47.7 Å². The van der Waals surface area contributed by atoms with Crippen LogP contribution >= 0.6 is 0 Å². The van der Waals surface area contributed by atoms with Crippen LogP contribution in [0.1, 0.15) is 59.5 Å². The van der Waals surface area contributed by atoms with Crippen molar-refractivity contribution >= 4 is 17.7 Å². The molecular weight excluding hydrogens is 378 g/mol. The van der Waals surface area contributed by atoms with Crippen molar-refractivity contribution in [2.45, 2.75) is 45.7 Å². The molecule has 0 bridgehead atoms. The van der Waals surface area contributed by atoms with Gasteiger partial charge in [-0.3, -0.25) is 14.4 Å². The van der Waals surface area contributed by atoms with Crippen molar-refractivity contribution in [3.05, 3.63) is 70.8 Å². The van der Waals surface area contributed by atoms with E-state index in [2.05, 4.69) is 31.4 Å². The highest BCUT2D eigenvalue weighted by atomic mass is 16.2. The fourth-order valence-corrected chi connectivity index (χ4v) is 2.88. The quantitative estimate of drug-likeness (QED) is 0.769. The molecule has 1 unspecified atom stereocenters. The van der Waals surface area contributed by atoms with Crippen LogP contribution in [0.2, 0.25) is 0 Å². The van der Waals surface area contributed by atoms with E-state index in [0.717, 1.165) is 11.1 Å². The highest BCUT2D eigenvalue weighted by Gasteiger charge is 2.18. The number of nitrogens with zero attached hydrogens (tertiary/aromatic N) is 1. The summed E-state index contributed by atoms with van der Waals surface area (Å²) < 4.78 is 0. The number of nitrogens with one attached hydrogen (secondary N) is 2. The Balaban J connectivity index is 1.93. The molecule has 0 aromatic heterocycles. The third-order valence-electron chi connectivity index (χ3n) is 4.80. The molecule has 1 atom stereocenters. The Morgan fingerprint density at radius 1 is 0.967 bits per heavy atom. The second-order valence-corrected chi connectivity index (χ2v) is 8.64. The predicted octanol–water partition coefficient (Wildman–Crippen LogP) is 3.12. The molecule has 30 heavy (non-hydrogen) atoms. The molecule has 3 amide bonds. The molecule has 0 radical (unpaired) electrons. The number of carbonyl (C=O) groups excluding carboxylic acids is 3. The first-order valence-electron chi connectivity index (χ1n) is 9.98. The molecule has 0 aliphatic heterocycles. The van der Waals surface area contributed by atoms with Gasteiger partial charge in [0, 0.05) is 31.8 Å². The largest absolute Gasteiger partial charge is 0.350 e. The third kappa shape index (κ3) is 6.17. The van der Waals surface area contributed by atoms with Gasteiger partial charge in [-0.25, -0.2) is 0 Å².